The van der Waals surface area contributed by atoms with Crippen LogP contribution in [-0.4, -0.2) is 16.8 Å². The van der Waals surface area contributed by atoms with Crippen molar-refractivity contribution in [2.45, 2.75) is 38.4 Å². The monoisotopic (exact) mass is 351 g/mol. The molecule has 6 heteroatoms. The van der Waals surface area contributed by atoms with Crippen LogP contribution in [0.5, 0.6) is 0 Å². The summed E-state index contributed by atoms with van der Waals surface area (Å²) in [5.74, 6) is -0.693. The SMILES string of the molecule is CCC(CC)(CBr)NC(=O)c1ccccc1C(F)(F)F. The molecule has 1 amide bonds. The number of hydrogen-bond donors (Lipinski definition) is 1. The zero-order valence-electron chi connectivity index (χ0n) is 11.4. The third kappa shape index (κ3) is 3.75. The van der Waals surface area contributed by atoms with E-state index in [0.29, 0.717) is 18.2 Å². The molecule has 0 unspecified atom stereocenters. The van der Waals surface area contributed by atoms with Gasteiger partial charge in [0.1, 0.15) is 0 Å². The molecular formula is C14H17BrF3NO. The maximum absolute atomic E-state index is 12.9. The van der Waals surface area contributed by atoms with Crippen LogP contribution in [0.25, 0.3) is 0 Å². The first-order chi connectivity index (χ1) is 9.29. The summed E-state index contributed by atoms with van der Waals surface area (Å²) in [7, 11) is 0. The predicted octanol–water partition coefficient (Wildman–Crippen LogP) is 4.39. The minimum atomic E-state index is -4.54. The van der Waals surface area contributed by atoms with E-state index in [-0.39, 0.29) is 5.56 Å². The summed E-state index contributed by atoms with van der Waals surface area (Å²) in [4.78, 5) is 12.2. The summed E-state index contributed by atoms with van der Waals surface area (Å²) in [6.07, 6.45) is -3.27. The molecule has 112 valence electrons. The molecular weight excluding hydrogens is 335 g/mol. The summed E-state index contributed by atoms with van der Waals surface area (Å²) in [6, 6.07) is 4.82. The van der Waals surface area contributed by atoms with Crippen molar-refractivity contribution in [3.63, 3.8) is 0 Å². The molecule has 0 saturated heterocycles. The van der Waals surface area contributed by atoms with Gasteiger partial charge in [-0.3, -0.25) is 4.79 Å². The average Bonchev–Trinajstić information content (AvgIpc) is 2.44. The second-order valence-electron chi connectivity index (χ2n) is 4.62. The van der Waals surface area contributed by atoms with Crippen LogP contribution in [0.4, 0.5) is 13.2 Å². The van der Waals surface area contributed by atoms with Gasteiger partial charge >= 0.3 is 6.18 Å². The second kappa shape index (κ2) is 6.61. The molecule has 0 aliphatic heterocycles. The molecule has 0 radical (unpaired) electrons. The van der Waals surface area contributed by atoms with Gasteiger partial charge in [0.05, 0.1) is 11.1 Å². The molecule has 0 bridgehead atoms. The van der Waals surface area contributed by atoms with Crippen LogP contribution in [0.15, 0.2) is 24.3 Å². The third-order valence-corrected chi connectivity index (χ3v) is 4.54. The molecule has 20 heavy (non-hydrogen) atoms. The van der Waals surface area contributed by atoms with E-state index in [2.05, 4.69) is 21.2 Å². The van der Waals surface area contributed by atoms with Crippen molar-refractivity contribution in [2.75, 3.05) is 5.33 Å². The van der Waals surface area contributed by atoms with E-state index in [1.807, 2.05) is 13.8 Å². The Morgan fingerprint density at radius 3 is 2.20 bits per heavy atom. The standard InChI is InChI=1S/C14H17BrF3NO/c1-3-13(4-2,9-15)19-12(20)10-7-5-6-8-11(10)14(16,17)18/h5-8H,3-4,9H2,1-2H3,(H,19,20). The number of carbonyl (C=O) groups excluding carboxylic acids is 1. The van der Waals surface area contributed by atoms with Gasteiger partial charge in [0.25, 0.3) is 5.91 Å². The molecule has 1 aromatic rings. The van der Waals surface area contributed by atoms with Crippen LogP contribution in [-0.2, 0) is 6.18 Å². The van der Waals surface area contributed by atoms with Crippen molar-refractivity contribution in [3.05, 3.63) is 35.4 Å². The second-order valence-corrected chi connectivity index (χ2v) is 5.18. The smallest absolute Gasteiger partial charge is 0.346 e. The van der Waals surface area contributed by atoms with Gasteiger partial charge in [-0.05, 0) is 25.0 Å². The predicted molar refractivity (Wildman–Crippen MR) is 76.0 cm³/mol. The summed E-state index contributed by atoms with van der Waals surface area (Å²) in [6.45, 7) is 3.78. The lowest BCUT2D eigenvalue weighted by molar-refractivity contribution is -0.137. The molecule has 0 atom stereocenters. The number of alkyl halides is 4. The molecule has 0 aliphatic carbocycles. The number of halogens is 4. The Hall–Kier alpha value is -1.04. The first-order valence-corrected chi connectivity index (χ1v) is 7.46. The van der Waals surface area contributed by atoms with Gasteiger partial charge in [-0.25, -0.2) is 0 Å². The fourth-order valence-electron chi connectivity index (χ4n) is 1.89. The van der Waals surface area contributed by atoms with E-state index in [0.717, 1.165) is 6.07 Å². The topological polar surface area (TPSA) is 29.1 Å². The van der Waals surface area contributed by atoms with Crippen LogP contribution in [0.3, 0.4) is 0 Å². The zero-order chi connectivity index (χ0) is 15.4. The van der Waals surface area contributed by atoms with Gasteiger partial charge in [0.2, 0.25) is 0 Å². The minimum Gasteiger partial charge on any atom is -0.346 e. The van der Waals surface area contributed by atoms with Crippen molar-refractivity contribution in [3.8, 4) is 0 Å². The zero-order valence-corrected chi connectivity index (χ0v) is 12.9. The first kappa shape index (κ1) is 17.0. The van der Waals surface area contributed by atoms with Crippen molar-refractivity contribution in [1.29, 1.82) is 0 Å². The fourth-order valence-corrected chi connectivity index (χ4v) is 2.82. The van der Waals surface area contributed by atoms with Gasteiger partial charge in [-0.15, -0.1) is 0 Å². The number of hydrogen-bond acceptors (Lipinski definition) is 1. The van der Waals surface area contributed by atoms with Crippen molar-refractivity contribution in [2.24, 2.45) is 0 Å². The molecule has 0 spiro atoms. The first-order valence-electron chi connectivity index (χ1n) is 6.34. The summed E-state index contributed by atoms with van der Waals surface area (Å²) < 4.78 is 38.7. The van der Waals surface area contributed by atoms with Crippen LogP contribution < -0.4 is 5.32 Å². The molecule has 1 rings (SSSR count). The summed E-state index contributed by atoms with van der Waals surface area (Å²) in [5.41, 5.74) is -1.78. The lowest BCUT2D eigenvalue weighted by Gasteiger charge is -2.31. The summed E-state index contributed by atoms with van der Waals surface area (Å²) in [5, 5.41) is 3.22. The van der Waals surface area contributed by atoms with E-state index in [4.69, 9.17) is 0 Å². The van der Waals surface area contributed by atoms with Crippen molar-refractivity contribution in [1.82, 2.24) is 5.32 Å². The number of benzene rings is 1. The highest BCUT2D eigenvalue weighted by Gasteiger charge is 2.36. The van der Waals surface area contributed by atoms with Gasteiger partial charge in [0.15, 0.2) is 0 Å². The number of nitrogens with one attached hydrogen (secondary N) is 1. The van der Waals surface area contributed by atoms with Crippen LogP contribution in [0, 0.1) is 0 Å². The Morgan fingerprint density at radius 1 is 1.20 bits per heavy atom. The van der Waals surface area contributed by atoms with E-state index in [1.165, 1.54) is 18.2 Å². The van der Waals surface area contributed by atoms with Gasteiger partial charge < -0.3 is 5.32 Å². The van der Waals surface area contributed by atoms with E-state index >= 15 is 0 Å². The largest absolute Gasteiger partial charge is 0.417 e. The molecule has 2 nitrogen and oxygen atoms in total. The highest BCUT2D eigenvalue weighted by atomic mass is 79.9. The van der Waals surface area contributed by atoms with E-state index in [9.17, 15) is 18.0 Å². The van der Waals surface area contributed by atoms with E-state index in [1.54, 1.807) is 0 Å². The lowest BCUT2D eigenvalue weighted by Crippen LogP contribution is -2.49. The third-order valence-electron chi connectivity index (χ3n) is 3.47. The number of amides is 1. The molecule has 0 heterocycles. The highest BCUT2D eigenvalue weighted by molar-refractivity contribution is 9.09. The van der Waals surface area contributed by atoms with Crippen LogP contribution in [0.1, 0.15) is 42.6 Å². The molecule has 0 aromatic heterocycles. The Morgan fingerprint density at radius 2 is 1.75 bits per heavy atom. The van der Waals surface area contributed by atoms with Gasteiger partial charge in [-0.2, -0.15) is 13.2 Å². The molecule has 1 N–H and O–H groups in total. The van der Waals surface area contributed by atoms with Gasteiger partial charge in [-0.1, -0.05) is 41.9 Å². The number of carbonyl (C=O) groups is 1. The lowest BCUT2D eigenvalue weighted by atomic mass is 9.94. The van der Waals surface area contributed by atoms with E-state index < -0.39 is 23.2 Å². The maximum atomic E-state index is 12.9. The minimum absolute atomic E-state index is 0.341. The number of rotatable bonds is 5. The summed E-state index contributed by atoms with van der Waals surface area (Å²) >= 11 is 3.32. The normalized spacial score (nSPS) is 12.3. The molecule has 0 saturated carbocycles. The molecule has 0 aliphatic rings. The average molecular weight is 352 g/mol. The Bertz CT molecular complexity index is 461. The Kier molecular flexibility index (Phi) is 5.62. The quantitative estimate of drug-likeness (QED) is 0.783. The van der Waals surface area contributed by atoms with Crippen molar-refractivity contribution < 1.29 is 18.0 Å². The highest BCUT2D eigenvalue weighted by Crippen LogP contribution is 2.32. The molecule has 0 fully saturated rings. The maximum Gasteiger partial charge on any atom is 0.417 e. The van der Waals surface area contributed by atoms with Gasteiger partial charge in [0, 0.05) is 10.9 Å². The Balaban J connectivity index is 3.11. The van der Waals surface area contributed by atoms with Crippen LogP contribution in [0.2, 0.25) is 0 Å². The van der Waals surface area contributed by atoms with Crippen LogP contribution >= 0.6 is 15.9 Å². The fraction of sp³-hybridized carbons (Fsp3) is 0.500. The van der Waals surface area contributed by atoms with Crippen molar-refractivity contribution >= 4 is 21.8 Å². The Labute approximate surface area is 124 Å². The molecule has 1 aromatic carbocycles.